The van der Waals surface area contributed by atoms with Gasteiger partial charge in [0.05, 0.1) is 6.54 Å². The molecule has 4 rings (SSSR count). The molecule has 0 spiro atoms. The molecule has 7 nitrogen and oxygen atoms in total. The lowest BCUT2D eigenvalue weighted by atomic mass is 10.0. The van der Waals surface area contributed by atoms with E-state index in [9.17, 15) is 14.4 Å². The second-order valence-electron chi connectivity index (χ2n) is 7.96. The van der Waals surface area contributed by atoms with E-state index in [1.165, 1.54) is 4.57 Å². The van der Waals surface area contributed by atoms with Crippen LogP contribution in [0.5, 0.6) is 0 Å². The second kappa shape index (κ2) is 9.51. The Labute approximate surface area is 186 Å². The summed E-state index contributed by atoms with van der Waals surface area (Å²) < 4.78 is 1.54. The normalized spacial score (nSPS) is 16.0. The highest BCUT2D eigenvalue weighted by Gasteiger charge is 2.30. The summed E-state index contributed by atoms with van der Waals surface area (Å²) in [7, 11) is 0. The number of rotatable bonds is 5. The molecular weight excluding hydrogens is 404 g/mol. The third-order valence-electron chi connectivity index (χ3n) is 5.55. The maximum Gasteiger partial charge on any atom is 0.320 e. The molecule has 2 aromatic carbocycles. The first-order valence-corrected chi connectivity index (χ1v) is 10.7. The number of carbonyl (C=O) groups excluding carboxylic acids is 2. The molecule has 164 valence electrons. The number of urea groups is 1. The van der Waals surface area contributed by atoms with Crippen molar-refractivity contribution in [2.24, 2.45) is 0 Å². The number of anilines is 2. The maximum atomic E-state index is 12.9. The molecule has 3 amide bonds. The SMILES string of the molecule is Cc1ccc(N2CCCC(NC(=O)Nc3cccn(Cc4ccccc4)c3=O)C2=O)cc1. The standard InChI is InChI=1S/C25H26N4O3/c1-18-11-13-20(14-12-18)29-16-6-10-22(24(29)31)27-25(32)26-21-9-5-15-28(23(21)30)17-19-7-3-2-4-8-19/h2-5,7-9,11-15,22H,6,10,16-17H2,1H3,(H2,26,27,32). The average molecular weight is 431 g/mol. The third kappa shape index (κ3) is 4.88. The fourth-order valence-electron chi connectivity index (χ4n) is 3.84. The van der Waals surface area contributed by atoms with Crippen LogP contribution in [0.1, 0.15) is 24.0 Å². The van der Waals surface area contributed by atoms with Gasteiger partial charge in [-0.2, -0.15) is 0 Å². The summed E-state index contributed by atoms with van der Waals surface area (Å²) in [5, 5.41) is 5.35. The number of aryl methyl sites for hydroxylation is 1. The molecule has 1 aliphatic rings. The van der Waals surface area contributed by atoms with E-state index in [0.29, 0.717) is 19.5 Å². The van der Waals surface area contributed by atoms with Crippen molar-refractivity contribution < 1.29 is 9.59 Å². The van der Waals surface area contributed by atoms with Gasteiger partial charge in [-0.15, -0.1) is 0 Å². The van der Waals surface area contributed by atoms with E-state index in [0.717, 1.165) is 23.2 Å². The highest BCUT2D eigenvalue weighted by Crippen LogP contribution is 2.21. The lowest BCUT2D eigenvalue weighted by Crippen LogP contribution is -2.53. The Balaban J connectivity index is 1.42. The third-order valence-corrected chi connectivity index (χ3v) is 5.55. The first-order valence-electron chi connectivity index (χ1n) is 10.7. The minimum absolute atomic E-state index is 0.148. The van der Waals surface area contributed by atoms with Crippen molar-refractivity contribution >= 4 is 23.3 Å². The number of amides is 3. The van der Waals surface area contributed by atoms with Gasteiger partial charge in [0.15, 0.2) is 0 Å². The van der Waals surface area contributed by atoms with Gasteiger partial charge >= 0.3 is 6.03 Å². The average Bonchev–Trinajstić information content (AvgIpc) is 2.79. The van der Waals surface area contributed by atoms with E-state index in [4.69, 9.17) is 0 Å². The van der Waals surface area contributed by atoms with Crippen LogP contribution in [-0.4, -0.2) is 29.1 Å². The Kier molecular flexibility index (Phi) is 6.35. The molecular formula is C25H26N4O3. The van der Waals surface area contributed by atoms with Gasteiger partial charge < -0.3 is 20.1 Å². The summed E-state index contributed by atoms with van der Waals surface area (Å²) in [6.07, 6.45) is 3.02. The molecule has 7 heteroatoms. The van der Waals surface area contributed by atoms with Crippen molar-refractivity contribution in [1.29, 1.82) is 0 Å². The van der Waals surface area contributed by atoms with E-state index in [1.807, 2.05) is 61.5 Å². The quantitative estimate of drug-likeness (QED) is 0.650. The number of carbonyl (C=O) groups is 2. The molecule has 0 radical (unpaired) electrons. The number of benzene rings is 2. The highest BCUT2D eigenvalue weighted by molar-refractivity contribution is 6.01. The molecule has 0 saturated carbocycles. The van der Waals surface area contributed by atoms with E-state index in [1.54, 1.807) is 23.2 Å². The van der Waals surface area contributed by atoms with Crippen molar-refractivity contribution in [2.75, 3.05) is 16.8 Å². The fraction of sp³-hybridized carbons (Fsp3) is 0.240. The van der Waals surface area contributed by atoms with Gasteiger partial charge in [-0.3, -0.25) is 9.59 Å². The Hall–Kier alpha value is -3.87. The summed E-state index contributed by atoms with van der Waals surface area (Å²) in [6, 6.07) is 19.4. The summed E-state index contributed by atoms with van der Waals surface area (Å²) >= 11 is 0. The van der Waals surface area contributed by atoms with Crippen LogP contribution < -0.4 is 21.1 Å². The van der Waals surface area contributed by atoms with Crippen LogP contribution in [0, 0.1) is 6.92 Å². The summed E-state index contributed by atoms with van der Waals surface area (Å²) in [5.74, 6) is -0.148. The molecule has 0 bridgehead atoms. The molecule has 1 saturated heterocycles. The van der Waals surface area contributed by atoms with E-state index in [-0.39, 0.29) is 17.2 Å². The van der Waals surface area contributed by atoms with Crippen LogP contribution in [-0.2, 0) is 11.3 Å². The molecule has 0 aliphatic carbocycles. The minimum atomic E-state index is -0.639. The van der Waals surface area contributed by atoms with Crippen LogP contribution in [0.15, 0.2) is 77.7 Å². The van der Waals surface area contributed by atoms with Gasteiger partial charge in [0.25, 0.3) is 5.56 Å². The van der Waals surface area contributed by atoms with Gasteiger partial charge in [0.2, 0.25) is 5.91 Å². The number of nitrogens with zero attached hydrogens (tertiary/aromatic N) is 2. The van der Waals surface area contributed by atoms with Crippen molar-refractivity contribution in [2.45, 2.75) is 32.4 Å². The second-order valence-corrected chi connectivity index (χ2v) is 7.96. The largest absolute Gasteiger partial charge is 0.326 e. The number of pyridine rings is 1. The summed E-state index contributed by atoms with van der Waals surface area (Å²) in [6.45, 7) is 3.02. The van der Waals surface area contributed by atoms with Crippen LogP contribution in [0.2, 0.25) is 0 Å². The number of hydrogen-bond donors (Lipinski definition) is 2. The molecule has 2 heterocycles. The Morgan fingerprint density at radius 2 is 1.75 bits per heavy atom. The first-order chi connectivity index (χ1) is 15.5. The van der Waals surface area contributed by atoms with Crippen LogP contribution in [0.25, 0.3) is 0 Å². The van der Waals surface area contributed by atoms with E-state index >= 15 is 0 Å². The zero-order valence-corrected chi connectivity index (χ0v) is 18.0. The lowest BCUT2D eigenvalue weighted by Gasteiger charge is -2.32. The van der Waals surface area contributed by atoms with E-state index in [2.05, 4.69) is 10.6 Å². The van der Waals surface area contributed by atoms with Crippen molar-refractivity contribution in [3.8, 4) is 0 Å². The van der Waals surface area contributed by atoms with E-state index < -0.39 is 12.1 Å². The summed E-state index contributed by atoms with van der Waals surface area (Å²) in [5.41, 5.74) is 2.79. The molecule has 1 unspecified atom stereocenters. The minimum Gasteiger partial charge on any atom is -0.326 e. The number of piperidine rings is 1. The molecule has 2 N–H and O–H groups in total. The molecule has 32 heavy (non-hydrogen) atoms. The topological polar surface area (TPSA) is 83.4 Å². The monoisotopic (exact) mass is 430 g/mol. The van der Waals surface area contributed by atoms with Crippen LogP contribution in [0.3, 0.4) is 0 Å². The Morgan fingerprint density at radius 3 is 2.50 bits per heavy atom. The van der Waals surface area contributed by atoms with Crippen LogP contribution in [0.4, 0.5) is 16.2 Å². The maximum absolute atomic E-state index is 12.9. The molecule has 1 aromatic heterocycles. The fourth-order valence-corrected chi connectivity index (χ4v) is 3.84. The molecule has 3 aromatic rings. The lowest BCUT2D eigenvalue weighted by molar-refractivity contribution is -0.121. The smallest absolute Gasteiger partial charge is 0.320 e. The van der Waals surface area contributed by atoms with Gasteiger partial charge in [-0.25, -0.2) is 4.79 Å². The van der Waals surface area contributed by atoms with Gasteiger partial charge in [-0.1, -0.05) is 48.0 Å². The highest BCUT2D eigenvalue weighted by atomic mass is 16.2. The Morgan fingerprint density at radius 1 is 1.00 bits per heavy atom. The predicted molar refractivity (Wildman–Crippen MR) is 125 cm³/mol. The molecule has 1 fully saturated rings. The Bertz CT molecular complexity index is 1160. The first kappa shape index (κ1) is 21.4. The predicted octanol–water partition coefficient (Wildman–Crippen LogP) is 3.52. The van der Waals surface area contributed by atoms with Crippen molar-refractivity contribution in [3.05, 3.63) is 94.4 Å². The molecule has 1 aliphatic heterocycles. The van der Waals surface area contributed by atoms with Crippen molar-refractivity contribution in [1.82, 2.24) is 9.88 Å². The zero-order chi connectivity index (χ0) is 22.5. The van der Waals surface area contributed by atoms with Crippen LogP contribution >= 0.6 is 0 Å². The number of nitrogens with one attached hydrogen (secondary N) is 2. The number of aromatic nitrogens is 1. The summed E-state index contributed by atoms with van der Waals surface area (Å²) in [4.78, 5) is 40.0. The van der Waals surface area contributed by atoms with Gasteiger partial charge in [0.1, 0.15) is 11.7 Å². The molecule has 1 atom stereocenters. The zero-order valence-electron chi connectivity index (χ0n) is 18.0. The van der Waals surface area contributed by atoms with Gasteiger partial charge in [-0.05, 0) is 49.6 Å². The van der Waals surface area contributed by atoms with Gasteiger partial charge in [0, 0.05) is 18.4 Å². The number of hydrogen-bond acceptors (Lipinski definition) is 3. The van der Waals surface area contributed by atoms with Crippen molar-refractivity contribution in [3.63, 3.8) is 0 Å².